The number of pyridine rings is 1. The van der Waals surface area contributed by atoms with Gasteiger partial charge in [0.1, 0.15) is 11.3 Å². The van der Waals surface area contributed by atoms with Crippen LogP contribution in [-0.4, -0.2) is 31.0 Å². The summed E-state index contributed by atoms with van der Waals surface area (Å²) < 4.78 is 2.09. The zero-order valence-corrected chi connectivity index (χ0v) is 15.1. The minimum Gasteiger partial charge on any atom is -0.330 e. The molecule has 7 heteroatoms. The lowest BCUT2D eigenvalue weighted by molar-refractivity contribution is 0.786. The number of anilines is 2. The highest BCUT2D eigenvalue weighted by Crippen LogP contribution is 2.24. The Kier molecular flexibility index (Phi) is 4.76. The molecular weight excluding hydrogens is 338 g/mol. The van der Waals surface area contributed by atoms with Crippen LogP contribution in [0.1, 0.15) is 12.5 Å². The van der Waals surface area contributed by atoms with E-state index in [-0.39, 0.29) is 0 Å². The van der Waals surface area contributed by atoms with Crippen LogP contribution in [0.5, 0.6) is 0 Å². The number of hydrogen-bond acceptors (Lipinski definition) is 6. The van der Waals surface area contributed by atoms with Crippen molar-refractivity contribution in [2.24, 2.45) is 5.73 Å². The number of rotatable bonds is 6. The van der Waals surface area contributed by atoms with Crippen LogP contribution in [-0.2, 0) is 13.0 Å². The van der Waals surface area contributed by atoms with Gasteiger partial charge >= 0.3 is 0 Å². The second-order valence-electron chi connectivity index (χ2n) is 6.18. The van der Waals surface area contributed by atoms with Gasteiger partial charge < -0.3 is 15.6 Å². The lowest BCUT2D eigenvalue weighted by Crippen LogP contribution is -2.03. The van der Waals surface area contributed by atoms with Crippen LogP contribution >= 0.6 is 0 Å². The van der Waals surface area contributed by atoms with Crippen LogP contribution in [0.15, 0.2) is 55.0 Å². The summed E-state index contributed by atoms with van der Waals surface area (Å²) in [4.78, 5) is 17.9. The lowest BCUT2D eigenvalue weighted by Gasteiger charge is -2.07. The SMILES string of the molecule is CCn1c(-c2ccncc2)nc2cnc(Nc3ccc(CCN)cc3)nc21. The van der Waals surface area contributed by atoms with Crippen molar-refractivity contribution in [3.05, 3.63) is 60.6 Å². The Morgan fingerprint density at radius 1 is 1.04 bits per heavy atom. The molecule has 0 saturated heterocycles. The number of hydrogen-bond donors (Lipinski definition) is 2. The molecule has 27 heavy (non-hydrogen) atoms. The van der Waals surface area contributed by atoms with Gasteiger partial charge in [0.05, 0.1) is 6.20 Å². The molecule has 3 heterocycles. The van der Waals surface area contributed by atoms with Gasteiger partial charge in [-0.1, -0.05) is 12.1 Å². The van der Waals surface area contributed by atoms with Gasteiger partial charge in [-0.3, -0.25) is 4.98 Å². The molecule has 0 bridgehead atoms. The number of aryl methyl sites for hydroxylation is 1. The number of nitrogens with two attached hydrogens (primary N) is 1. The molecule has 0 aliphatic rings. The number of nitrogens with zero attached hydrogens (tertiary/aromatic N) is 5. The molecule has 0 saturated carbocycles. The molecule has 4 aromatic rings. The first-order valence-corrected chi connectivity index (χ1v) is 8.98. The summed E-state index contributed by atoms with van der Waals surface area (Å²) in [6, 6.07) is 12.0. The number of nitrogens with one attached hydrogen (secondary N) is 1. The van der Waals surface area contributed by atoms with Crippen molar-refractivity contribution < 1.29 is 0 Å². The topological polar surface area (TPSA) is 94.5 Å². The Labute approximate surface area is 157 Å². The first kappa shape index (κ1) is 17.1. The van der Waals surface area contributed by atoms with E-state index in [4.69, 9.17) is 10.7 Å². The van der Waals surface area contributed by atoms with Crippen molar-refractivity contribution in [2.75, 3.05) is 11.9 Å². The van der Waals surface area contributed by atoms with E-state index in [9.17, 15) is 0 Å². The van der Waals surface area contributed by atoms with Crippen LogP contribution in [0, 0.1) is 0 Å². The lowest BCUT2D eigenvalue weighted by atomic mass is 10.1. The van der Waals surface area contributed by atoms with E-state index in [2.05, 4.69) is 43.9 Å². The molecule has 0 spiro atoms. The monoisotopic (exact) mass is 359 g/mol. The number of aromatic nitrogens is 5. The van der Waals surface area contributed by atoms with Crippen molar-refractivity contribution in [1.82, 2.24) is 24.5 Å². The van der Waals surface area contributed by atoms with Gasteiger partial charge in [0.2, 0.25) is 5.95 Å². The van der Waals surface area contributed by atoms with Crippen LogP contribution in [0.2, 0.25) is 0 Å². The minimum absolute atomic E-state index is 0.546. The summed E-state index contributed by atoms with van der Waals surface area (Å²) in [6.45, 7) is 3.49. The Hall–Kier alpha value is -3.32. The van der Waals surface area contributed by atoms with Crippen molar-refractivity contribution in [1.29, 1.82) is 0 Å². The van der Waals surface area contributed by atoms with Gasteiger partial charge in [-0.2, -0.15) is 4.98 Å². The largest absolute Gasteiger partial charge is 0.330 e. The van der Waals surface area contributed by atoms with Gasteiger partial charge in [-0.05, 0) is 49.7 Å². The first-order chi connectivity index (χ1) is 13.3. The molecule has 1 aromatic carbocycles. The van der Waals surface area contributed by atoms with Crippen molar-refractivity contribution >= 4 is 22.8 Å². The zero-order chi connectivity index (χ0) is 18.6. The highest BCUT2D eigenvalue weighted by molar-refractivity contribution is 5.77. The van der Waals surface area contributed by atoms with Crippen LogP contribution in [0.25, 0.3) is 22.6 Å². The van der Waals surface area contributed by atoms with E-state index in [1.807, 2.05) is 24.3 Å². The number of imidazole rings is 1. The number of fused-ring (bicyclic) bond motifs is 1. The normalized spacial score (nSPS) is 11.0. The summed E-state index contributed by atoms with van der Waals surface area (Å²) in [6.07, 6.45) is 6.16. The van der Waals surface area contributed by atoms with Gasteiger partial charge in [0.25, 0.3) is 0 Å². The zero-order valence-electron chi connectivity index (χ0n) is 15.1. The summed E-state index contributed by atoms with van der Waals surface area (Å²) in [7, 11) is 0. The molecule has 3 N–H and O–H groups in total. The molecule has 0 unspecified atom stereocenters. The van der Waals surface area contributed by atoms with E-state index in [1.165, 1.54) is 5.56 Å². The fourth-order valence-corrected chi connectivity index (χ4v) is 3.05. The van der Waals surface area contributed by atoms with Crippen molar-refractivity contribution in [3.8, 4) is 11.4 Å². The summed E-state index contributed by atoms with van der Waals surface area (Å²) in [5, 5.41) is 3.26. The highest BCUT2D eigenvalue weighted by Gasteiger charge is 2.14. The molecule has 0 fully saturated rings. The molecule has 0 aliphatic carbocycles. The molecule has 7 nitrogen and oxygen atoms in total. The highest BCUT2D eigenvalue weighted by atomic mass is 15.2. The fourth-order valence-electron chi connectivity index (χ4n) is 3.05. The average Bonchev–Trinajstić information content (AvgIpc) is 3.08. The second kappa shape index (κ2) is 7.51. The third kappa shape index (κ3) is 3.50. The molecule has 136 valence electrons. The Morgan fingerprint density at radius 2 is 1.81 bits per heavy atom. The summed E-state index contributed by atoms with van der Waals surface area (Å²) >= 11 is 0. The standard InChI is InChI=1S/C20H21N7/c1-2-27-18(15-8-11-22-12-9-15)25-17-13-23-20(26-19(17)27)24-16-5-3-14(4-6-16)7-10-21/h3-6,8-9,11-13H,2,7,10,21H2,1H3,(H,23,24,26). The van der Waals surface area contributed by atoms with Crippen molar-refractivity contribution in [2.45, 2.75) is 19.9 Å². The minimum atomic E-state index is 0.546. The fraction of sp³-hybridized carbons (Fsp3) is 0.200. The molecule has 0 aliphatic heterocycles. The maximum Gasteiger partial charge on any atom is 0.229 e. The molecule has 0 amide bonds. The van der Waals surface area contributed by atoms with Crippen LogP contribution in [0.4, 0.5) is 11.6 Å². The van der Waals surface area contributed by atoms with Gasteiger partial charge in [0.15, 0.2) is 5.65 Å². The molecule has 3 aromatic heterocycles. The van der Waals surface area contributed by atoms with Gasteiger partial charge in [-0.15, -0.1) is 0 Å². The van der Waals surface area contributed by atoms with Gasteiger partial charge in [-0.25, -0.2) is 9.97 Å². The van der Waals surface area contributed by atoms with Crippen molar-refractivity contribution in [3.63, 3.8) is 0 Å². The molecule has 0 atom stereocenters. The van der Waals surface area contributed by atoms with E-state index in [0.717, 1.165) is 41.2 Å². The van der Waals surface area contributed by atoms with Crippen LogP contribution in [0.3, 0.4) is 0 Å². The van der Waals surface area contributed by atoms with E-state index >= 15 is 0 Å². The maximum atomic E-state index is 5.60. The van der Waals surface area contributed by atoms with Crippen LogP contribution < -0.4 is 11.1 Å². The second-order valence-corrected chi connectivity index (χ2v) is 6.18. The molecule has 4 rings (SSSR count). The van der Waals surface area contributed by atoms with E-state index in [1.54, 1.807) is 18.6 Å². The Balaban J connectivity index is 1.67. The van der Waals surface area contributed by atoms with E-state index in [0.29, 0.717) is 12.5 Å². The molecule has 0 radical (unpaired) electrons. The summed E-state index contributed by atoms with van der Waals surface area (Å²) in [5.74, 6) is 1.41. The maximum absolute atomic E-state index is 5.60. The Bertz CT molecular complexity index is 1040. The van der Waals surface area contributed by atoms with E-state index < -0.39 is 0 Å². The third-order valence-corrected chi connectivity index (χ3v) is 4.39. The smallest absolute Gasteiger partial charge is 0.229 e. The average molecular weight is 359 g/mol. The predicted molar refractivity (Wildman–Crippen MR) is 107 cm³/mol. The predicted octanol–water partition coefficient (Wildman–Crippen LogP) is 3.15. The first-order valence-electron chi connectivity index (χ1n) is 8.98. The third-order valence-electron chi connectivity index (χ3n) is 4.39. The Morgan fingerprint density at radius 3 is 2.52 bits per heavy atom. The summed E-state index contributed by atoms with van der Waals surface area (Å²) in [5.41, 5.74) is 10.3. The quantitative estimate of drug-likeness (QED) is 0.549. The van der Waals surface area contributed by atoms with Gasteiger partial charge in [0, 0.05) is 30.2 Å². The molecular formula is C20H21N7. The number of benzene rings is 1.